The quantitative estimate of drug-likeness (QED) is 0.352. The van der Waals surface area contributed by atoms with E-state index in [0.717, 1.165) is 0 Å². The molecule has 0 bridgehead atoms. The summed E-state index contributed by atoms with van der Waals surface area (Å²) in [5.41, 5.74) is -0.963. The minimum absolute atomic E-state index is 0.165. The summed E-state index contributed by atoms with van der Waals surface area (Å²) in [5.74, 6) is -0.534. The molecule has 80 valence electrons. The van der Waals surface area contributed by atoms with Crippen LogP contribution in [0.4, 0.5) is 4.39 Å². The number of thioether (sulfide) groups is 1. The van der Waals surface area contributed by atoms with Crippen LogP contribution in [0, 0.1) is 0 Å². The monoisotopic (exact) mass is 265 g/mol. The van der Waals surface area contributed by atoms with Gasteiger partial charge in [0.25, 0.3) is 0 Å². The minimum atomic E-state index is -0.963. The normalized spacial score (nSPS) is 19.9. The fraction of sp³-hybridized carbons (Fsp3) is 0.250. The Balaban J connectivity index is 2.82. The first kappa shape index (κ1) is 11.0. The van der Waals surface area contributed by atoms with Gasteiger partial charge < -0.3 is 5.32 Å². The maximum Gasteiger partial charge on any atom is 0.187 e. The highest BCUT2D eigenvalue weighted by molar-refractivity contribution is 7.98. The fourth-order valence-electron chi connectivity index (χ4n) is 1.18. The molecule has 1 aromatic rings. The lowest BCUT2D eigenvalue weighted by molar-refractivity contribution is 0.664. The van der Waals surface area contributed by atoms with Crippen molar-refractivity contribution in [2.75, 3.05) is 6.26 Å². The van der Waals surface area contributed by atoms with Crippen LogP contribution >= 0.6 is 35.0 Å². The van der Waals surface area contributed by atoms with Crippen LogP contribution in [0.5, 0.6) is 0 Å². The molecule has 0 radical (unpaired) electrons. The standard InChI is InChI=1S/C8H6Cl2FN3S/c1-15-8-12-2-3-5(13-8)4(11)7(10)14-6(3)9/h2,7,14H,1H3. The highest BCUT2D eigenvalue weighted by atomic mass is 35.5. The van der Waals surface area contributed by atoms with Crippen LogP contribution in [-0.4, -0.2) is 21.7 Å². The molecule has 0 saturated carbocycles. The predicted molar refractivity (Wildman–Crippen MR) is 59.6 cm³/mol. The summed E-state index contributed by atoms with van der Waals surface area (Å²) in [6, 6.07) is 0. The van der Waals surface area contributed by atoms with E-state index >= 15 is 0 Å². The third-order valence-corrected chi connectivity index (χ3v) is 3.06. The molecule has 0 spiro atoms. The number of alkyl halides is 1. The Morgan fingerprint density at radius 1 is 1.60 bits per heavy atom. The Morgan fingerprint density at radius 3 is 3.00 bits per heavy atom. The van der Waals surface area contributed by atoms with Gasteiger partial charge in [0.05, 0.1) is 5.22 Å². The van der Waals surface area contributed by atoms with Gasteiger partial charge >= 0.3 is 0 Å². The number of aromatic nitrogens is 2. The van der Waals surface area contributed by atoms with Crippen LogP contribution in [0.1, 0.15) is 0 Å². The summed E-state index contributed by atoms with van der Waals surface area (Å²) in [7, 11) is 0. The summed E-state index contributed by atoms with van der Waals surface area (Å²) >= 11 is 12.9. The van der Waals surface area contributed by atoms with Gasteiger partial charge in [-0.3, -0.25) is 0 Å². The Kier molecular flexibility index (Phi) is 3.04. The van der Waals surface area contributed by atoms with E-state index in [1.807, 2.05) is 6.26 Å². The van der Waals surface area contributed by atoms with Gasteiger partial charge in [-0.15, -0.1) is 0 Å². The molecule has 1 N–H and O–H groups in total. The molecular formula is C8H6Cl2FN3S. The smallest absolute Gasteiger partial charge is 0.187 e. The molecule has 2 rings (SSSR count). The summed E-state index contributed by atoms with van der Waals surface area (Å²) in [6.45, 7) is 0. The molecule has 15 heavy (non-hydrogen) atoms. The minimum Gasteiger partial charge on any atom is -0.354 e. The third kappa shape index (κ3) is 1.91. The molecule has 0 aliphatic carbocycles. The van der Waals surface area contributed by atoms with Gasteiger partial charge in [-0.05, 0) is 6.26 Å². The van der Waals surface area contributed by atoms with Crippen molar-refractivity contribution in [3.05, 3.63) is 16.8 Å². The van der Waals surface area contributed by atoms with Crippen LogP contribution in [0.15, 0.2) is 11.4 Å². The van der Waals surface area contributed by atoms with Crippen molar-refractivity contribution < 1.29 is 4.39 Å². The molecule has 7 heteroatoms. The second-order valence-corrected chi connectivity index (χ2v) is 4.38. The van der Waals surface area contributed by atoms with E-state index in [9.17, 15) is 4.39 Å². The predicted octanol–water partition coefficient (Wildman–Crippen LogP) is 0.749. The van der Waals surface area contributed by atoms with Crippen LogP contribution in [0.2, 0.25) is 0 Å². The summed E-state index contributed by atoms with van der Waals surface area (Å²) in [5, 5.41) is 3.92. The summed E-state index contributed by atoms with van der Waals surface area (Å²) in [6.07, 6.45) is 3.29. The van der Waals surface area contributed by atoms with Gasteiger partial charge in [-0.1, -0.05) is 35.0 Å². The number of nitrogens with zero attached hydrogens (tertiary/aromatic N) is 2. The second kappa shape index (κ2) is 4.15. The number of halogens is 3. The molecule has 1 aliphatic rings. The third-order valence-electron chi connectivity index (χ3n) is 1.89. The van der Waals surface area contributed by atoms with Gasteiger partial charge in [0.2, 0.25) is 0 Å². The molecule has 0 fully saturated rings. The molecular weight excluding hydrogens is 260 g/mol. The molecule has 3 nitrogen and oxygen atoms in total. The Morgan fingerprint density at radius 2 is 2.33 bits per heavy atom. The van der Waals surface area contributed by atoms with Crippen molar-refractivity contribution in [2.45, 2.75) is 10.7 Å². The van der Waals surface area contributed by atoms with E-state index < -0.39 is 11.3 Å². The van der Waals surface area contributed by atoms with Crippen LogP contribution in [0.25, 0.3) is 11.0 Å². The van der Waals surface area contributed by atoms with Gasteiger partial charge in [0.1, 0.15) is 10.5 Å². The largest absolute Gasteiger partial charge is 0.354 e. The topological polar surface area (TPSA) is 37.8 Å². The average Bonchev–Trinajstić information content (AvgIpc) is 2.25. The van der Waals surface area contributed by atoms with Crippen LogP contribution in [0.3, 0.4) is 0 Å². The first-order valence-corrected chi connectivity index (χ1v) is 6.04. The van der Waals surface area contributed by atoms with Crippen molar-refractivity contribution in [3.63, 3.8) is 0 Å². The van der Waals surface area contributed by atoms with E-state index in [1.54, 1.807) is 0 Å². The van der Waals surface area contributed by atoms with Crippen LogP contribution in [-0.2, 0) is 0 Å². The van der Waals surface area contributed by atoms with E-state index in [2.05, 4.69) is 15.3 Å². The lowest BCUT2D eigenvalue weighted by atomic mass is 10.3. The first-order chi connectivity index (χ1) is 7.13. The van der Waals surface area contributed by atoms with E-state index in [-0.39, 0.29) is 10.5 Å². The van der Waals surface area contributed by atoms with Crippen molar-refractivity contribution in [3.8, 4) is 0 Å². The maximum absolute atomic E-state index is 13.6. The van der Waals surface area contributed by atoms with Gasteiger partial charge in [0, 0.05) is 6.20 Å². The summed E-state index contributed by atoms with van der Waals surface area (Å²) < 4.78 is 13.6. The molecule has 1 atom stereocenters. The molecule has 1 unspecified atom stereocenters. The Labute approximate surface area is 99.4 Å². The lowest BCUT2D eigenvalue weighted by Crippen LogP contribution is -2.44. The zero-order valence-electron chi connectivity index (χ0n) is 7.59. The molecule has 0 aromatic carbocycles. The zero-order chi connectivity index (χ0) is 11.0. The fourth-order valence-corrected chi connectivity index (χ4v) is 2.04. The molecule has 1 aliphatic heterocycles. The number of fused-ring (bicyclic) bond motifs is 1. The highest BCUT2D eigenvalue weighted by Crippen LogP contribution is 2.14. The van der Waals surface area contributed by atoms with E-state index in [0.29, 0.717) is 10.4 Å². The number of nitrogens with one attached hydrogen (secondary N) is 1. The average molecular weight is 266 g/mol. The summed E-state index contributed by atoms with van der Waals surface area (Å²) in [4.78, 5) is 8.03. The van der Waals surface area contributed by atoms with Crippen LogP contribution < -0.4 is 15.9 Å². The Hall–Kier alpha value is -0.520. The van der Waals surface area contributed by atoms with E-state index in [4.69, 9.17) is 23.2 Å². The van der Waals surface area contributed by atoms with Crippen molar-refractivity contribution in [2.24, 2.45) is 0 Å². The second-order valence-electron chi connectivity index (χ2n) is 2.79. The van der Waals surface area contributed by atoms with Gasteiger partial charge in [-0.25, -0.2) is 14.4 Å². The SMILES string of the molecule is CSc1ncc2c(n1)=C(F)C(Cl)NC=2Cl. The van der Waals surface area contributed by atoms with Crippen molar-refractivity contribution in [1.82, 2.24) is 15.3 Å². The first-order valence-electron chi connectivity index (χ1n) is 4.00. The molecule has 1 aromatic heterocycles. The highest BCUT2D eigenvalue weighted by Gasteiger charge is 2.19. The molecule has 0 saturated heterocycles. The number of rotatable bonds is 1. The Bertz CT molecular complexity index is 519. The van der Waals surface area contributed by atoms with Gasteiger partial charge in [-0.2, -0.15) is 0 Å². The lowest BCUT2D eigenvalue weighted by Gasteiger charge is -2.14. The molecule has 2 heterocycles. The number of hydrogen-bond acceptors (Lipinski definition) is 4. The van der Waals surface area contributed by atoms with E-state index in [1.165, 1.54) is 18.0 Å². The zero-order valence-corrected chi connectivity index (χ0v) is 9.92. The van der Waals surface area contributed by atoms with Crippen molar-refractivity contribution >= 4 is 45.9 Å². The van der Waals surface area contributed by atoms with Crippen molar-refractivity contribution in [1.29, 1.82) is 0 Å². The van der Waals surface area contributed by atoms with Gasteiger partial charge in [0.15, 0.2) is 16.5 Å². The molecule has 0 amide bonds. The number of hydrogen-bond donors (Lipinski definition) is 1. The maximum atomic E-state index is 13.6.